The first kappa shape index (κ1) is 17.7. The number of rotatable bonds is 5. The Morgan fingerprint density at radius 1 is 1.16 bits per heavy atom. The largest absolute Gasteiger partial charge is 0.416 e. The van der Waals surface area contributed by atoms with Crippen molar-refractivity contribution in [3.8, 4) is 0 Å². The van der Waals surface area contributed by atoms with Crippen molar-refractivity contribution in [2.24, 2.45) is 0 Å². The molecular formula is C12H16ClF3N2O. The fourth-order valence-electron chi connectivity index (χ4n) is 1.35. The Kier molecular flexibility index (Phi) is 7.48. The molecule has 0 aliphatic rings. The van der Waals surface area contributed by atoms with Crippen LogP contribution in [0.15, 0.2) is 24.3 Å². The third-order valence-electron chi connectivity index (χ3n) is 2.31. The molecular weight excluding hydrogens is 281 g/mol. The number of alkyl halides is 3. The van der Waals surface area contributed by atoms with Crippen LogP contribution in [0.4, 0.5) is 13.2 Å². The van der Waals surface area contributed by atoms with Crippen LogP contribution in [0.3, 0.4) is 0 Å². The van der Waals surface area contributed by atoms with Crippen LogP contribution in [0.5, 0.6) is 0 Å². The quantitative estimate of drug-likeness (QED) is 0.820. The molecule has 0 aliphatic heterocycles. The second kappa shape index (κ2) is 8.01. The van der Waals surface area contributed by atoms with Crippen molar-refractivity contribution < 1.29 is 18.0 Å². The molecule has 0 radical (unpaired) electrons. The molecule has 0 bridgehead atoms. The van der Waals surface area contributed by atoms with Gasteiger partial charge < -0.3 is 10.6 Å². The first-order chi connectivity index (χ1) is 8.45. The maximum absolute atomic E-state index is 12.3. The van der Waals surface area contributed by atoms with E-state index in [9.17, 15) is 18.0 Å². The molecule has 0 unspecified atom stereocenters. The van der Waals surface area contributed by atoms with E-state index in [1.807, 2.05) is 6.92 Å². The average Bonchev–Trinajstić information content (AvgIpc) is 2.33. The summed E-state index contributed by atoms with van der Waals surface area (Å²) >= 11 is 0. The number of likely N-dealkylation sites (N-methyl/N-ethyl adjacent to an activating group) is 1. The van der Waals surface area contributed by atoms with Crippen molar-refractivity contribution in [2.75, 3.05) is 19.6 Å². The van der Waals surface area contributed by atoms with Crippen molar-refractivity contribution in [2.45, 2.75) is 13.1 Å². The molecule has 19 heavy (non-hydrogen) atoms. The van der Waals surface area contributed by atoms with E-state index in [0.717, 1.165) is 18.7 Å². The van der Waals surface area contributed by atoms with E-state index in [1.54, 1.807) is 0 Å². The summed E-state index contributed by atoms with van der Waals surface area (Å²) in [5, 5.41) is 5.63. The molecule has 0 saturated heterocycles. The Hall–Kier alpha value is -1.27. The van der Waals surface area contributed by atoms with Gasteiger partial charge in [0.15, 0.2) is 0 Å². The summed E-state index contributed by atoms with van der Waals surface area (Å²) in [7, 11) is 0. The topological polar surface area (TPSA) is 41.1 Å². The molecule has 7 heteroatoms. The van der Waals surface area contributed by atoms with Crippen molar-refractivity contribution in [1.29, 1.82) is 0 Å². The molecule has 0 atom stereocenters. The van der Waals surface area contributed by atoms with Crippen molar-refractivity contribution in [3.05, 3.63) is 35.4 Å². The summed E-state index contributed by atoms with van der Waals surface area (Å²) in [6.45, 7) is 3.81. The van der Waals surface area contributed by atoms with E-state index in [-0.39, 0.29) is 23.9 Å². The number of amides is 1. The number of halogens is 4. The van der Waals surface area contributed by atoms with Gasteiger partial charge in [-0.2, -0.15) is 13.2 Å². The monoisotopic (exact) mass is 296 g/mol. The zero-order valence-corrected chi connectivity index (χ0v) is 11.2. The summed E-state index contributed by atoms with van der Waals surface area (Å²) in [5.74, 6) is -0.373. The summed E-state index contributed by atoms with van der Waals surface area (Å²) in [5.41, 5.74) is -0.536. The Balaban J connectivity index is 0.00000324. The van der Waals surface area contributed by atoms with Gasteiger partial charge in [0, 0.05) is 18.7 Å². The first-order valence-electron chi connectivity index (χ1n) is 5.61. The lowest BCUT2D eigenvalue weighted by molar-refractivity contribution is -0.137. The van der Waals surface area contributed by atoms with Gasteiger partial charge in [-0.05, 0) is 30.8 Å². The highest BCUT2D eigenvalue weighted by molar-refractivity contribution is 5.94. The molecule has 2 N–H and O–H groups in total. The Morgan fingerprint density at radius 2 is 1.74 bits per heavy atom. The fraction of sp³-hybridized carbons (Fsp3) is 0.417. The number of benzene rings is 1. The van der Waals surface area contributed by atoms with E-state index >= 15 is 0 Å². The van der Waals surface area contributed by atoms with Gasteiger partial charge >= 0.3 is 6.18 Å². The Labute approximate surface area is 116 Å². The predicted octanol–water partition coefficient (Wildman–Crippen LogP) is 2.47. The molecule has 108 valence electrons. The van der Waals surface area contributed by atoms with Crippen LogP contribution in [-0.2, 0) is 6.18 Å². The molecule has 0 spiro atoms. The first-order valence-corrected chi connectivity index (χ1v) is 5.61. The lowest BCUT2D eigenvalue weighted by atomic mass is 10.1. The molecule has 0 saturated carbocycles. The standard InChI is InChI=1S/C12H15F3N2O.ClH/c1-2-16-7-8-17-11(18)9-3-5-10(6-4-9)12(13,14)15;/h3-6,16H,2,7-8H2,1H3,(H,17,18);1H. The van der Waals surface area contributed by atoms with E-state index in [1.165, 1.54) is 12.1 Å². The number of hydrogen-bond donors (Lipinski definition) is 2. The summed E-state index contributed by atoms with van der Waals surface area (Å²) in [4.78, 5) is 11.5. The second-order valence-electron chi connectivity index (χ2n) is 3.68. The van der Waals surface area contributed by atoms with Gasteiger partial charge in [0.2, 0.25) is 0 Å². The maximum atomic E-state index is 12.3. The zero-order valence-electron chi connectivity index (χ0n) is 10.4. The van der Waals surface area contributed by atoms with E-state index in [0.29, 0.717) is 13.1 Å². The predicted molar refractivity (Wildman–Crippen MR) is 69.6 cm³/mol. The third kappa shape index (κ3) is 5.94. The molecule has 1 aromatic rings. The van der Waals surface area contributed by atoms with Crippen LogP contribution in [0.1, 0.15) is 22.8 Å². The molecule has 1 aromatic carbocycles. The van der Waals surface area contributed by atoms with E-state index in [4.69, 9.17) is 0 Å². The van der Waals surface area contributed by atoms with Gasteiger partial charge in [-0.3, -0.25) is 4.79 Å². The molecule has 0 heterocycles. The minimum absolute atomic E-state index is 0. The molecule has 1 amide bonds. The number of carbonyl (C=O) groups is 1. The number of carbonyl (C=O) groups excluding carboxylic acids is 1. The highest BCUT2D eigenvalue weighted by Gasteiger charge is 2.30. The normalized spacial score (nSPS) is 10.7. The minimum Gasteiger partial charge on any atom is -0.351 e. The number of nitrogens with one attached hydrogen (secondary N) is 2. The van der Waals surface area contributed by atoms with E-state index in [2.05, 4.69) is 10.6 Å². The van der Waals surface area contributed by atoms with Crippen molar-refractivity contribution in [3.63, 3.8) is 0 Å². The molecule has 0 aromatic heterocycles. The fourth-order valence-corrected chi connectivity index (χ4v) is 1.35. The maximum Gasteiger partial charge on any atom is 0.416 e. The van der Waals surface area contributed by atoms with Gasteiger partial charge in [-0.25, -0.2) is 0 Å². The van der Waals surface area contributed by atoms with Crippen LogP contribution < -0.4 is 10.6 Å². The third-order valence-corrected chi connectivity index (χ3v) is 2.31. The highest BCUT2D eigenvalue weighted by atomic mass is 35.5. The lowest BCUT2D eigenvalue weighted by Crippen LogP contribution is -2.31. The van der Waals surface area contributed by atoms with Gasteiger partial charge in [0.1, 0.15) is 0 Å². The molecule has 3 nitrogen and oxygen atoms in total. The number of hydrogen-bond acceptors (Lipinski definition) is 2. The second-order valence-corrected chi connectivity index (χ2v) is 3.68. The minimum atomic E-state index is -4.37. The van der Waals surface area contributed by atoms with Crippen molar-refractivity contribution in [1.82, 2.24) is 10.6 Å². The molecule has 0 fully saturated rings. The van der Waals surface area contributed by atoms with Gasteiger partial charge in [-0.15, -0.1) is 12.4 Å². The zero-order chi connectivity index (χ0) is 13.6. The smallest absolute Gasteiger partial charge is 0.351 e. The Bertz CT molecular complexity index is 393. The lowest BCUT2D eigenvalue weighted by Gasteiger charge is -2.08. The van der Waals surface area contributed by atoms with Crippen LogP contribution in [0, 0.1) is 0 Å². The van der Waals surface area contributed by atoms with Gasteiger partial charge in [0.25, 0.3) is 5.91 Å². The van der Waals surface area contributed by atoms with Gasteiger partial charge in [0.05, 0.1) is 5.56 Å². The summed E-state index contributed by atoms with van der Waals surface area (Å²) in [6.07, 6.45) is -4.37. The van der Waals surface area contributed by atoms with Crippen molar-refractivity contribution >= 4 is 18.3 Å². The van der Waals surface area contributed by atoms with Crippen LogP contribution in [-0.4, -0.2) is 25.5 Å². The summed E-state index contributed by atoms with van der Waals surface area (Å²) in [6, 6.07) is 4.15. The van der Waals surface area contributed by atoms with E-state index < -0.39 is 11.7 Å². The highest BCUT2D eigenvalue weighted by Crippen LogP contribution is 2.28. The van der Waals surface area contributed by atoms with Crippen LogP contribution in [0.25, 0.3) is 0 Å². The van der Waals surface area contributed by atoms with Crippen LogP contribution >= 0.6 is 12.4 Å². The Morgan fingerprint density at radius 3 is 2.21 bits per heavy atom. The van der Waals surface area contributed by atoms with Gasteiger partial charge in [-0.1, -0.05) is 6.92 Å². The molecule has 0 aliphatic carbocycles. The van der Waals surface area contributed by atoms with Crippen LogP contribution in [0.2, 0.25) is 0 Å². The summed E-state index contributed by atoms with van der Waals surface area (Å²) < 4.78 is 36.9. The average molecular weight is 297 g/mol. The molecule has 1 rings (SSSR count). The SMILES string of the molecule is CCNCCNC(=O)c1ccc(C(F)(F)F)cc1.Cl.